The Balaban J connectivity index is 0.988. The lowest BCUT2D eigenvalue weighted by Gasteiger charge is -2.29. The predicted molar refractivity (Wildman–Crippen MR) is 248 cm³/mol. The molecule has 0 spiro atoms. The zero-order valence-corrected chi connectivity index (χ0v) is 37.6. The molecule has 0 saturated carbocycles. The summed E-state index contributed by atoms with van der Waals surface area (Å²) in [4.78, 5) is 87.6. The lowest BCUT2D eigenvalue weighted by Crippen LogP contribution is -2.49. The number of aromatic nitrogens is 1. The van der Waals surface area contributed by atoms with Gasteiger partial charge in [0.15, 0.2) is 0 Å². The molecule has 0 aliphatic carbocycles. The molecular weight excluding hydrogens is 827 g/mol. The molecule has 0 radical (unpaired) electrons. The van der Waals surface area contributed by atoms with Gasteiger partial charge in [0.25, 0.3) is 11.8 Å². The first-order valence-corrected chi connectivity index (χ1v) is 22.0. The quantitative estimate of drug-likeness (QED) is 0.0876. The standard InChI is InChI=1S/C50H57N7O8/c1-49(2,3)64-47(62)54-41(32-15-9-7-10-16-32)45(60)56-27-13-19-39(56)43(58)51-35-23-21-31(22-24-35)38-30-34-29-36(25-26-37(34)53-38)52-44(59)40-20-14-28-57(40)46(61)42(33-17-11-8-12-18-33)55-48(63)65-50(4,5)6/h7-12,15-18,21-26,29-30,39-42,53H,13-14,19-20,27-28H2,1-6H3,(H,51,58)(H,52,59)(H,54,62)(H,55,63)/t39-,40-,41+,42+/m0/s1. The van der Waals surface area contributed by atoms with Crippen molar-refractivity contribution in [1.29, 1.82) is 0 Å². The number of likely N-dealkylation sites (tertiary alicyclic amines) is 2. The number of aromatic amines is 1. The Labute approximate surface area is 378 Å². The van der Waals surface area contributed by atoms with Crippen LogP contribution in [0.25, 0.3) is 22.2 Å². The molecule has 0 bridgehead atoms. The first-order valence-electron chi connectivity index (χ1n) is 22.0. The van der Waals surface area contributed by atoms with Crippen molar-refractivity contribution in [2.24, 2.45) is 0 Å². The number of benzene rings is 4. The summed E-state index contributed by atoms with van der Waals surface area (Å²) in [5, 5.41) is 12.3. The minimum atomic E-state index is -1.04. The topological polar surface area (TPSA) is 191 Å². The highest BCUT2D eigenvalue weighted by atomic mass is 16.6. The first-order chi connectivity index (χ1) is 30.9. The van der Waals surface area contributed by atoms with Crippen LogP contribution in [-0.2, 0) is 28.7 Å². The van der Waals surface area contributed by atoms with Gasteiger partial charge in [0.05, 0.1) is 0 Å². The maximum Gasteiger partial charge on any atom is 0.408 e. The Morgan fingerprint density at radius 2 is 1.03 bits per heavy atom. The van der Waals surface area contributed by atoms with E-state index in [1.807, 2.05) is 42.5 Å². The number of nitrogens with one attached hydrogen (secondary N) is 5. The van der Waals surface area contributed by atoms with Crippen LogP contribution < -0.4 is 21.3 Å². The van der Waals surface area contributed by atoms with Crippen LogP contribution in [0.1, 0.15) is 90.4 Å². The smallest absolute Gasteiger partial charge is 0.408 e. The Morgan fingerprint density at radius 1 is 0.585 bits per heavy atom. The summed E-state index contributed by atoms with van der Waals surface area (Å²) >= 11 is 0. The van der Waals surface area contributed by atoms with E-state index in [0.29, 0.717) is 61.3 Å². The van der Waals surface area contributed by atoms with Crippen LogP contribution in [0.2, 0.25) is 0 Å². The molecule has 2 aliphatic rings. The van der Waals surface area contributed by atoms with E-state index in [1.54, 1.807) is 108 Å². The van der Waals surface area contributed by atoms with Crippen LogP contribution in [0.15, 0.2) is 109 Å². The van der Waals surface area contributed by atoms with Gasteiger partial charge in [-0.2, -0.15) is 0 Å². The highest BCUT2D eigenvalue weighted by Crippen LogP contribution is 2.31. The van der Waals surface area contributed by atoms with E-state index in [9.17, 15) is 28.8 Å². The summed E-state index contributed by atoms with van der Waals surface area (Å²) in [5.41, 5.74) is 3.26. The van der Waals surface area contributed by atoms with Gasteiger partial charge in [0.2, 0.25) is 11.8 Å². The molecule has 15 heteroatoms. The molecule has 4 aromatic carbocycles. The lowest BCUT2D eigenvalue weighted by molar-refractivity contribution is -0.138. The van der Waals surface area contributed by atoms with E-state index in [4.69, 9.17) is 9.47 Å². The molecule has 7 rings (SSSR count). The second-order valence-electron chi connectivity index (χ2n) is 18.4. The number of ether oxygens (including phenoxy) is 2. The van der Waals surface area contributed by atoms with Crippen molar-refractivity contribution in [1.82, 2.24) is 25.4 Å². The molecule has 2 saturated heterocycles. The van der Waals surface area contributed by atoms with Gasteiger partial charge in [-0.3, -0.25) is 19.2 Å². The maximum atomic E-state index is 14.0. The largest absolute Gasteiger partial charge is 0.444 e. The molecule has 3 heterocycles. The van der Waals surface area contributed by atoms with Crippen LogP contribution >= 0.6 is 0 Å². The van der Waals surface area contributed by atoms with Gasteiger partial charge >= 0.3 is 12.2 Å². The molecule has 5 N–H and O–H groups in total. The van der Waals surface area contributed by atoms with Crippen LogP contribution in [-0.4, -0.2) is 87.0 Å². The number of amides is 6. The van der Waals surface area contributed by atoms with E-state index in [2.05, 4.69) is 26.3 Å². The fourth-order valence-electron chi connectivity index (χ4n) is 8.21. The van der Waals surface area contributed by atoms with Crippen LogP contribution in [0.5, 0.6) is 0 Å². The van der Waals surface area contributed by atoms with Crippen molar-refractivity contribution >= 4 is 58.1 Å². The molecule has 340 valence electrons. The summed E-state index contributed by atoms with van der Waals surface area (Å²) in [6, 6.07) is 29.1. The molecule has 1 aromatic heterocycles. The van der Waals surface area contributed by atoms with Gasteiger partial charge in [-0.25, -0.2) is 9.59 Å². The average molecular weight is 884 g/mol. The van der Waals surface area contributed by atoms with E-state index in [0.717, 1.165) is 22.2 Å². The van der Waals surface area contributed by atoms with E-state index < -0.39 is 59.4 Å². The zero-order valence-electron chi connectivity index (χ0n) is 37.6. The van der Waals surface area contributed by atoms with Gasteiger partial charge in [-0.15, -0.1) is 0 Å². The monoisotopic (exact) mass is 883 g/mol. The molecule has 6 amide bonds. The maximum absolute atomic E-state index is 14.0. The number of anilines is 2. The summed E-state index contributed by atoms with van der Waals surface area (Å²) in [5.74, 6) is -1.44. The number of carbonyl (C=O) groups excluding carboxylic acids is 6. The Bertz CT molecular complexity index is 2530. The van der Waals surface area contributed by atoms with Crippen LogP contribution in [0.4, 0.5) is 21.0 Å². The van der Waals surface area contributed by atoms with Gasteiger partial charge in [-0.1, -0.05) is 72.8 Å². The summed E-state index contributed by atoms with van der Waals surface area (Å²) in [6.07, 6.45) is 0.744. The number of hydrogen-bond acceptors (Lipinski definition) is 8. The summed E-state index contributed by atoms with van der Waals surface area (Å²) in [6.45, 7) is 11.2. The average Bonchev–Trinajstić information content (AvgIpc) is 4.05. The van der Waals surface area contributed by atoms with Crippen molar-refractivity contribution in [3.8, 4) is 11.3 Å². The minimum absolute atomic E-state index is 0.327. The minimum Gasteiger partial charge on any atom is -0.444 e. The lowest BCUT2D eigenvalue weighted by atomic mass is 10.0. The summed E-state index contributed by atoms with van der Waals surface area (Å²) < 4.78 is 10.9. The van der Waals surface area contributed by atoms with E-state index in [-0.39, 0.29) is 11.8 Å². The number of rotatable bonds is 11. The number of carbonyl (C=O) groups is 6. The molecule has 5 aromatic rings. The van der Waals surface area contributed by atoms with Crippen LogP contribution in [0.3, 0.4) is 0 Å². The molecule has 15 nitrogen and oxygen atoms in total. The fraction of sp³-hybridized carbons (Fsp3) is 0.360. The third-order valence-corrected chi connectivity index (χ3v) is 11.1. The first kappa shape index (κ1) is 45.9. The SMILES string of the molecule is CC(C)(C)OC(=O)N[C@@H](C(=O)N1CCC[C@H]1C(=O)Nc1ccc(-c2cc3cc(NC(=O)[C@@H]4CCCN4C(=O)[C@H](NC(=O)OC(C)(C)C)c4ccccc4)ccc3[nH]2)cc1)c1ccccc1. The third kappa shape index (κ3) is 11.5. The Morgan fingerprint density at radius 3 is 1.49 bits per heavy atom. The van der Waals surface area contributed by atoms with E-state index >= 15 is 0 Å². The van der Waals surface area contributed by atoms with Crippen molar-refractivity contribution in [3.05, 3.63) is 120 Å². The van der Waals surface area contributed by atoms with E-state index in [1.165, 1.54) is 9.80 Å². The normalized spacial score (nSPS) is 17.2. The number of nitrogens with zero attached hydrogens (tertiary/aromatic N) is 2. The molecule has 0 unspecified atom stereocenters. The number of hydrogen-bond donors (Lipinski definition) is 5. The van der Waals surface area contributed by atoms with Gasteiger partial charge < -0.3 is 45.5 Å². The Kier molecular flexibility index (Phi) is 13.6. The molecule has 4 atom stereocenters. The zero-order chi connectivity index (χ0) is 46.5. The third-order valence-electron chi connectivity index (χ3n) is 11.1. The highest BCUT2D eigenvalue weighted by Gasteiger charge is 2.40. The predicted octanol–water partition coefficient (Wildman–Crippen LogP) is 8.23. The fourth-order valence-corrected chi connectivity index (χ4v) is 8.21. The van der Waals surface area contributed by atoms with Crippen molar-refractivity contribution in [2.75, 3.05) is 23.7 Å². The Hall–Kier alpha value is -7.16. The van der Waals surface area contributed by atoms with Crippen molar-refractivity contribution < 1.29 is 38.2 Å². The molecule has 65 heavy (non-hydrogen) atoms. The van der Waals surface area contributed by atoms with Crippen LogP contribution in [0, 0.1) is 0 Å². The van der Waals surface area contributed by atoms with Crippen molar-refractivity contribution in [2.45, 2.75) is 103 Å². The summed E-state index contributed by atoms with van der Waals surface area (Å²) in [7, 11) is 0. The molecule has 2 fully saturated rings. The second-order valence-corrected chi connectivity index (χ2v) is 18.4. The van der Waals surface area contributed by atoms with Gasteiger partial charge in [-0.05, 0) is 120 Å². The highest BCUT2D eigenvalue weighted by molar-refractivity contribution is 6.01. The number of alkyl carbamates (subject to hydrolysis) is 2. The van der Waals surface area contributed by atoms with Gasteiger partial charge in [0, 0.05) is 41.1 Å². The molecule has 2 aliphatic heterocycles. The van der Waals surface area contributed by atoms with Crippen molar-refractivity contribution in [3.63, 3.8) is 0 Å². The molecular formula is C50H57N7O8. The second kappa shape index (κ2) is 19.3. The van der Waals surface area contributed by atoms with Gasteiger partial charge in [0.1, 0.15) is 35.4 Å². The number of fused-ring (bicyclic) bond motifs is 1. The number of H-pyrrole nitrogens is 1.